The van der Waals surface area contributed by atoms with Gasteiger partial charge in [0.1, 0.15) is 0 Å². The molecule has 2 aliphatic heterocycles. The second kappa shape index (κ2) is 5.59. The fraction of sp³-hybridized carbons (Fsp3) is 0.857. The van der Waals surface area contributed by atoms with E-state index in [1.807, 2.05) is 6.92 Å². The third-order valence-electron chi connectivity index (χ3n) is 4.57. The zero-order valence-electron chi connectivity index (χ0n) is 12.0. The molecule has 0 saturated carbocycles. The molecule has 1 aromatic heterocycles. The molecule has 2 atom stereocenters. The molecular formula is C14H24N4O. The molecule has 19 heavy (non-hydrogen) atoms. The highest BCUT2D eigenvalue weighted by Gasteiger charge is 2.35. The van der Waals surface area contributed by atoms with Gasteiger partial charge in [-0.15, -0.1) is 0 Å². The van der Waals surface area contributed by atoms with Crippen molar-refractivity contribution in [1.82, 2.24) is 19.9 Å². The number of nitrogens with zero attached hydrogens (tertiary/aromatic N) is 4. The molecule has 0 N–H and O–H groups in total. The van der Waals surface area contributed by atoms with Gasteiger partial charge in [0.15, 0.2) is 5.82 Å². The highest BCUT2D eigenvalue weighted by molar-refractivity contribution is 4.93. The van der Waals surface area contributed by atoms with Crippen molar-refractivity contribution in [2.45, 2.75) is 51.6 Å². The summed E-state index contributed by atoms with van der Waals surface area (Å²) in [7, 11) is 0. The average molecular weight is 264 g/mol. The van der Waals surface area contributed by atoms with Crippen molar-refractivity contribution in [3.8, 4) is 0 Å². The van der Waals surface area contributed by atoms with Crippen molar-refractivity contribution < 1.29 is 4.52 Å². The minimum atomic E-state index is 0.669. The van der Waals surface area contributed by atoms with Crippen molar-refractivity contribution in [2.24, 2.45) is 0 Å². The maximum Gasteiger partial charge on any atom is 0.223 e. The van der Waals surface area contributed by atoms with E-state index in [4.69, 9.17) is 4.52 Å². The summed E-state index contributed by atoms with van der Waals surface area (Å²) in [6, 6.07) is 1.48. The summed E-state index contributed by atoms with van der Waals surface area (Å²) >= 11 is 0. The molecule has 2 aliphatic rings. The van der Waals surface area contributed by atoms with E-state index in [0.717, 1.165) is 24.8 Å². The normalized spacial score (nSPS) is 28.7. The van der Waals surface area contributed by atoms with Crippen molar-refractivity contribution in [3.05, 3.63) is 11.7 Å². The van der Waals surface area contributed by atoms with Gasteiger partial charge in [-0.05, 0) is 25.8 Å². The quantitative estimate of drug-likeness (QED) is 0.824. The molecule has 0 radical (unpaired) electrons. The highest BCUT2D eigenvalue weighted by Crippen LogP contribution is 2.25. The number of rotatable bonds is 4. The van der Waals surface area contributed by atoms with E-state index in [1.54, 1.807) is 0 Å². The molecular weight excluding hydrogens is 240 g/mol. The van der Waals surface area contributed by atoms with Crippen LogP contribution in [0.5, 0.6) is 0 Å². The molecule has 1 aromatic rings. The van der Waals surface area contributed by atoms with Crippen molar-refractivity contribution >= 4 is 0 Å². The van der Waals surface area contributed by atoms with Gasteiger partial charge in [-0.25, -0.2) is 0 Å². The largest absolute Gasteiger partial charge is 0.340 e. The molecule has 0 amide bonds. The van der Waals surface area contributed by atoms with Crippen LogP contribution >= 0.6 is 0 Å². The molecule has 2 unspecified atom stereocenters. The summed E-state index contributed by atoms with van der Waals surface area (Å²) in [4.78, 5) is 9.62. The Balaban J connectivity index is 1.58. The van der Waals surface area contributed by atoms with Gasteiger partial charge in [0.2, 0.25) is 5.89 Å². The van der Waals surface area contributed by atoms with Gasteiger partial charge in [0.25, 0.3) is 0 Å². The Labute approximate surface area is 115 Å². The second-order valence-corrected chi connectivity index (χ2v) is 5.83. The predicted octanol–water partition coefficient (Wildman–Crippen LogP) is 1.48. The van der Waals surface area contributed by atoms with Gasteiger partial charge in [0, 0.05) is 45.1 Å². The number of aromatic nitrogens is 2. The van der Waals surface area contributed by atoms with Crippen LogP contribution in [0.2, 0.25) is 0 Å². The van der Waals surface area contributed by atoms with E-state index < -0.39 is 0 Å². The van der Waals surface area contributed by atoms with E-state index in [0.29, 0.717) is 11.9 Å². The average Bonchev–Trinajstić information content (AvgIpc) is 3.03. The molecule has 0 aliphatic carbocycles. The van der Waals surface area contributed by atoms with E-state index in [2.05, 4.69) is 26.9 Å². The van der Waals surface area contributed by atoms with Crippen molar-refractivity contribution in [2.75, 3.05) is 26.2 Å². The number of aryl methyl sites for hydroxylation is 1. The second-order valence-electron chi connectivity index (χ2n) is 5.83. The van der Waals surface area contributed by atoms with Gasteiger partial charge in [-0.1, -0.05) is 12.1 Å². The summed E-state index contributed by atoms with van der Waals surface area (Å²) < 4.78 is 5.04. The maximum absolute atomic E-state index is 5.04. The number of piperazine rings is 1. The molecule has 5 nitrogen and oxygen atoms in total. The number of hydrogen-bond acceptors (Lipinski definition) is 5. The Bertz CT molecular complexity index is 419. The fourth-order valence-corrected chi connectivity index (χ4v) is 3.50. The third-order valence-corrected chi connectivity index (χ3v) is 4.57. The van der Waals surface area contributed by atoms with E-state index >= 15 is 0 Å². The van der Waals surface area contributed by atoms with Crippen LogP contribution in [0.15, 0.2) is 4.52 Å². The molecule has 106 valence electrons. The minimum absolute atomic E-state index is 0.669. The smallest absolute Gasteiger partial charge is 0.223 e. The Morgan fingerprint density at radius 2 is 2.26 bits per heavy atom. The van der Waals surface area contributed by atoms with Crippen LogP contribution in [0, 0.1) is 6.92 Å². The van der Waals surface area contributed by atoms with Gasteiger partial charge < -0.3 is 4.52 Å². The lowest BCUT2D eigenvalue weighted by atomic mass is 10.0. The van der Waals surface area contributed by atoms with E-state index in [-0.39, 0.29) is 0 Å². The molecule has 0 spiro atoms. The van der Waals surface area contributed by atoms with E-state index in [1.165, 1.54) is 38.9 Å². The van der Waals surface area contributed by atoms with Crippen LogP contribution in [-0.4, -0.2) is 58.2 Å². The predicted molar refractivity (Wildman–Crippen MR) is 73.0 cm³/mol. The molecule has 2 saturated heterocycles. The summed E-state index contributed by atoms with van der Waals surface area (Å²) in [6.45, 7) is 8.97. The van der Waals surface area contributed by atoms with Gasteiger partial charge >= 0.3 is 0 Å². The molecule has 5 heteroatoms. The maximum atomic E-state index is 5.04. The first kappa shape index (κ1) is 13.1. The molecule has 3 heterocycles. The van der Waals surface area contributed by atoms with Gasteiger partial charge in [-0.3, -0.25) is 9.80 Å². The van der Waals surface area contributed by atoms with Crippen LogP contribution < -0.4 is 0 Å². The molecule has 2 fully saturated rings. The molecule has 0 bridgehead atoms. The lowest BCUT2D eigenvalue weighted by molar-refractivity contribution is 0.0497. The summed E-state index contributed by atoms with van der Waals surface area (Å²) in [6.07, 6.45) is 4.88. The Morgan fingerprint density at radius 3 is 3.00 bits per heavy atom. The summed E-state index contributed by atoms with van der Waals surface area (Å²) in [5.41, 5.74) is 0. The van der Waals surface area contributed by atoms with Crippen molar-refractivity contribution in [1.29, 1.82) is 0 Å². The monoisotopic (exact) mass is 264 g/mol. The third kappa shape index (κ3) is 2.82. The van der Waals surface area contributed by atoms with Crippen LogP contribution in [0.25, 0.3) is 0 Å². The summed E-state index contributed by atoms with van der Waals surface area (Å²) in [5.74, 6) is 1.52. The topological polar surface area (TPSA) is 45.4 Å². The SMILES string of the molecule is CCC1CN2CCCC2CN1CCc1noc(C)n1. The summed E-state index contributed by atoms with van der Waals surface area (Å²) in [5, 5.41) is 3.99. The fourth-order valence-electron chi connectivity index (χ4n) is 3.50. The van der Waals surface area contributed by atoms with E-state index in [9.17, 15) is 0 Å². The van der Waals surface area contributed by atoms with Crippen LogP contribution in [-0.2, 0) is 6.42 Å². The Kier molecular flexibility index (Phi) is 3.84. The van der Waals surface area contributed by atoms with Crippen LogP contribution in [0.1, 0.15) is 37.9 Å². The van der Waals surface area contributed by atoms with Crippen LogP contribution in [0.3, 0.4) is 0 Å². The van der Waals surface area contributed by atoms with Crippen LogP contribution in [0.4, 0.5) is 0 Å². The van der Waals surface area contributed by atoms with Gasteiger partial charge in [0.05, 0.1) is 0 Å². The Hall–Kier alpha value is -0.940. The number of hydrogen-bond donors (Lipinski definition) is 0. The first-order chi connectivity index (χ1) is 9.26. The van der Waals surface area contributed by atoms with Crippen molar-refractivity contribution in [3.63, 3.8) is 0 Å². The first-order valence-corrected chi connectivity index (χ1v) is 7.53. The molecule has 3 rings (SSSR count). The lowest BCUT2D eigenvalue weighted by Crippen LogP contribution is -2.56. The van der Waals surface area contributed by atoms with Gasteiger partial charge in [-0.2, -0.15) is 4.98 Å². The molecule has 0 aromatic carbocycles. The number of fused-ring (bicyclic) bond motifs is 1. The zero-order valence-corrected chi connectivity index (χ0v) is 12.0. The standard InChI is InChI=1S/C14H24N4O/c1-3-12-9-17-7-4-5-13(17)10-18(12)8-6-14-15-11(2)19-16-14/h12-13H,3-10H2,1-2H3. The first-order valence-electron chi connectivity index (χ1n) is 7.53. The Morgan fingerprint density at radius 1 is 1.37 bits per heavy atom. The lowest BCUT2D eigenvalue weighted by Gasteiger charge is -2.43. The zero-order chi connectivity index (χ0) is 13.2. The highest BCUT2D eigenvalue weighted by atomic mass is 16.5. The minimum Gasteiger partial charge on any atom is -0.340 e.